The Morgan fingerprint density at radius 1 is 1.29 bits per heavy atom. The van der Waals surface area contributed by atoms with Crippen molar-refractivity contribution in [2.75, 3.05) is 13.2 Å². The number of aliphatic hydroxyl groups excluding tert-OH is 2. The number of rotatable bonds is 5. The van der Waals surface area contributed by atoms with Crippen LogP contribution in [0.4, 0.5) is 0 Å². The van der Waals surface area contributed by atoms with Crippen LogP contribution >= 0.6 is 0 Å². The number of ether oxygens (including phenoxy) is 1. The summed E-state index contributed by atoms with van der Waals surface area (Å²) in [7, 11) is 0. The average Bonchev–Trinajstić information content (AvgIpc) is 2.26. The second-order valence-corrected chi connectivity index (χ2v) is 3.02. The van der Waals surface area contributed by atoms with E-state index in [-0.39, 0.29) is 25.9 Å². The maximum Gasteiger partial charge on any atom is 0.124 e. The summed E-state index contributed by atoms with van der Waals surface area (Å²) in [5.41, 5.74) is 6.19. The molecule has 4 nitrogen and oxygen atoms in total. The third kappa shape index (κ3) is 2.99. The molecule has 0 heterocycles. The van der Waals surface area contributed by atoms with Crippen LogP contribution < -0.4 is 10.5 Å². The van der Waals surface area contributed by atoms with Crippen molar-refractivity contribution in [1.82, 2.24) is 0 Å². The molecular weight excluding hydrogens is 182 g/mol. The fraction of sp³-hybridized carbons (Fsp3) is 0.400. The molecule has 0 aliphatic heterocycles. The molecule has 0 amide bonds. The van der Waals surface area contributed by atoms with Gasteiger partial charge in [-0.15, -0.1) is 0 Å². The van der Waals surface area contributed by atoms with Gasteiger partial charge in [0.1, 0.15) is 12.4 Å². The SMILES string of the molecule is NC(CO)COc1ccccc1CO. The Balaban J connectivity index is 2.57. The van der Waals surface area contributed by atoms with E-state index in [9.17, 15) is 0 Å². The van der Waals surface area contributed by atoms with Crippen LogP contribution in [0.15, 0.2) is 24.3 Å². The Labute approximate surface area is 82.9 Å². The average molecular weight is 197 g/mol. The molecule has 0 fully saturated rings. The summed E-state index contributed by atoms with van der Waals surface area (Å²) >= 11 is 0. The molecule has 1 aromatic rings. The van der Waals surface area contributed by atoms with Crippen molar-refractivity contribution in [3.8, 4) is 5.75 Å². The minimum atomic E-state index is -0.387. The largest absolute Gasteiger partial charge is 0.492 e. The zero-order chi connectivity index (χ0) is 10.4. The van der Waals surface area contributed by atoms with E-state index < -0.39 is 0 Å². The van der Waals surface area contributed by atoms with E-state index in [2.05, 4.69) is 0 Å². The first-order valence-corrected chi connectivity index (χ1v) is 4.46. The summed E-state index contributed by atoms with van der Waals surface area (Å²) < 4.78 is 5.34. The van der Waals surface area contributed by atoms with E-state index in [1.807, 2.05) is 12.1 Å². The normalized spacial score (nSPS) is 12.5. The molecule has 1 aromatic carbocycles. The van der Waals surface area contributed by atoms with Crippen molar-refractivity contribution >= 4 is 0 Å². The van der Waals surface area contributed by atoms with Gasteiger partial charge < -0.3 is 20.7 Å². The lowest BCUT2D eigenvalue weighted by molar-refractivity contribution is 0.202. The second-order valence-electron chi connectivity index (χ2n) is 3.02. The van der Waals surface area contributed by atoms with E-state index in [4.69, 9.17) is 20.7 Å². The highest BCUT2D eigenvalue weighted by Gasteiger charge is 2.04. The molecule has 0 aliphatic rings. The Kier molecular flexibility index (Phi) is 4.39. The number of nitrogens with two attached hydrogens (primary N) is 1. The van der Waals surface area contributed by atoms with Crippen molar-refractivity contribution in [2.45, 2.75) is 12.6 Å². The van der Waals surface area contributed by atoms with Crippen LogP contribution in [0.1, 0.15) is 5.56 Å². The Hall–Kier alpha value is -1.10. The van der Waals surface area contributed by atoms with Crippen LogP contribution in [0.5, 0.6) is 5.75 Å². The predicted molar refractivity (Wildman–Crippen MR) is 52.9 cm³/mol. The van der Waals surface area contributed by atoms with Crippen LogP contribution in [0.25, 0.3) is 0 Å². The van der Waals surface area contributed by atoms with Gasteiger partial charge in [-0.25, -0.2) is 0 Å². The quantitative estimate of drug-likeness (QED) is 0.615. The highest BCUT2D eigenvalue weighted by molar-refractivity contribution is 5.32. The standard InChI is InChI=1S/C10H15NO3/c11-9(6-13)7-14-10-4-2-1-3-8(10)5-12/h1-4,9,12-13H,5-7,11H2. The van der Waals surface area contributed by atoms with Gasteiger partial charge in [0.05, 0.1) is 19.3 Å². The van der Waals surface area contributed by atoms with Gasteiger partial charge >= 0.3 is 0 Å². The second kappa shape index (κ2) is 5.59. The Morgan fingerprint density at radius 2 is 2.00 bits per heavy atom. The lowest BCUT2D eigenvalue weighted by Crippen LogP contribution is -2.31. The first kappa shape index (κ1) is 11.0. The van der Waals surface area contributed by atoms with Crippen molar-refractivity contribution in [1.29, 1.82) is 0 Å². The third-order valence-corrected chi connectivity index (χ3v) is 1.83. The summed E-state index contributed by atoms with van der Waals surface area (Å²) in [4.78, 5) is 0. The number of hydrogen-bond acceptors (Lipinski definition) is 4. The summed E-state index contributed by atoms with van der Waals surface area (Å²) in [5, 5.41) is 17.7. The van der Waals surface area contributed by atoms with Gasteiger partial charge in [0.25, 0.3) is 0 Å². The smallest absolute Gasteiger partial charge is 0.124 e. The molecule has 0 spiro atoms. The van der Waals surface area contributed by atoms with E-state index in [0.717, 1.165) is 5.56 Å². The predicted octanol–water partition coefficient (Wildman–Crippen LogP) is -0.123. The highest BCUT2D eigenvalue weighted by atomic mass is 16.5. The first-order chi connectivity index (χ1) is 6.77. The van der Waals surface area contributed by atoms with Gasteiger partial charge in [-0.05, 0) is 6.07 Å². The van der Waals surface area contributed by atoms with E-state index in [1.165, 1.54) is 0 Å². The molecular formula is C10H15NO3. The molecule has 0 saturated heterocycles. The molecule has 1 unspecified atom stereocenters. The molecule has 0 aliphatic carbocycles. The van der Waals surface area contributed by atoms with E-state index >= 15 is 0 Å². The minimum Gasteiger partial charge on any atom is -0.492 e. The fourth-order valence-corrected chi connectivity index (χ4v) is 1.02. The zero-order valence-corrected chi connectivity index (χ0v) is 7.89. The highest BCUT2D eigenvalue weighted by Crippen LogP contribution is 2.17. The van der Waals surface area contributed by atoms with Crippen molar-refractivity contribution < 1.29 is 14.9 Å². The van der Waals surface area contributed by atoms with E-state index in [1.54, 1.807) is 12.1 Å². The van der Waals surface area contributed by atoms with Crippen LogP contribution in [0.2, 0.25) is 0 Å². The van der Waals surface area contributed by atoms with Gasteiger partial charge in [-0.2, -0.15) is 0 Å². The van der Waals surface area contributed by atoms with Crippen LogP contribution in [-0.4, -0.2) is 29.5 Å². The number of para-hydroxylation sites is 1. The first-order valence-electron chi connectivity index (χ1n) is 4.46. The van der Waals surface area contributed by atoms with Crippen molar-refractivity contribution in [3.05, 3.63) is 29.8 Å². The monoisotopic (exact) mass is 197 g/mol. The number of benzene rings is 1. The fourth-order valence-electron chi connectivity index (χ4n) is 1.02. The van der Waals surface area contributed by atoms with E-state index in [0.29, 0.717) is 5.75 Å². The summed E-state index contributed by atoms with van der Waals surface area (Å²) in [6.07, 6.45) is 0. The minimum absolute atomic E-state index is 0.0649. The van der Waals surface area contributed by atoms with Crippen LogP contribution in [0.3, 0.4) is 0 Å². The molecule has 0 radical (unpaired) electrons. The molecule has 4 N–H and O–H groups in total. The third-order valence-electron chi connectivity index (χ3n) is 1.83. The molecule has 1 atom stereocenters. The molecule has 4 heteroatoms. The summed E-state index contributed by atoms with van der Waals surface area (Å²) in [6.45, 7) is 0.0688. The van der Waals surface area contributed by atoms with Gasteiger partial charge in [0, 0.05) is 5.56 Å². The maximum absolute atomic E-state index is 8.98. The number of aliphatic hydroxyl groups is 2. The van der Waals surface area contributed by atoms with Crippen LogP contribution in [0, 0.1) is 0 Å². The Morgan fingerprint density at radius 3 is 2.64 bits per heavy atom. The van der Waals surface area contributed by atoms with Gasteiger partial charge in [-0.1, -0.05) is 18.2 Å². The van der Waals surface area contributed by atoms with Crippen molar-refractivity contribution in [3.63, 3.8) is 0 Å². The topological polar surface area (TPSA) is 75.7 Å². The maximum atomic E-state index is 8.98. The molecule has 78 valence electrons. The molecule has 1 rings (SSSR count). The summed E-state index contributed by atoms with van der Waals surface area (Å²) in [5.74, 6) is 0.610. The summed E-state index contributed by atoms with van der Waals surface area (Å²) in [6, 6.07) is 6.79. The molecule has 0 saturated carbocycles. The van der Waals surface area contributed by atoms with Crippen LogP contribution in [-0.2, 0) is 6.61 Å². The number of hydrogen-bond donors (Lipinski definition) is 3. The van der Waals surface area contributed by atoms with Crippen molar-refractivity contribution in [2.24, 2.45) is 5.73 Å². The zero-order valence-electron chi connectivity index (χ0n) is 7.89. The lowest BCUT2D eigenvalue weighted by Gasteiger charge is -2.12. The van der Waals surface area contributed by atoms with Gasteiger partial charge in [-0.3, -0.25) is 0 Å². The lowest BCUT2D eigenvalue weighted by atomic mass is 10.2. The van der Waals surface area contributed by atoms with Gasteiger partial charge in [0.2, 0.25) is 0 Å². The van der Waals surface area contributed by atoms with Gasteiger partial charge in [0.15, 0.2) is 0 Å². The molecule has 0 bridgehead atoms. The molecule has 14 heavy (non-hydrogen) atoms. The Bertz CT molecular complexity index is 278. The molecule has 0 aromatic heterocycles.